The van der Waals surface area contributed by atoms with E-state index in [-0.39, 0.29) is 11.7 Å². The summed E-state index contributed by atoms with van der Waals surface area (Å²) in [7, 11) is 1.93. The van der Waals surface area contributed by atoms with Crippen LogP contribution in [0.3, 0.4) is 0 Å². The Morgan fingerprint density at radius 1 is 1.23 bits per heavy atom. The highest BCUT2D eigenvalue weighted by Gasteiger charge is 2.07. The summed E-state index contributed by atoms with van der Waals surface area (Å²) >= 11 is 0. The van der Waals surface area contributed by atoms with E-state index >= 15 is 0 Å². The molecule has 134 valence electrons. The Bertz CT molecular complexity index is 875. The number of hydrogen-bond donors (Lipinski definition) is 1. The van der Waals surface area contributed by atoms with Crippen LogP contribution < -0.4 is 10.1 Å². The Morgan fingerprint density at radius 3 is 2.77 bits per heavy atom. The van der Waals surface area contributed by atoms with E-state index in [1.165, 1.54) is 12.1 Å². The van der Waals surface area contributed by atoms with Gasteiger partial charge in [0.15, 0.2) is 0 Å². The van der Waals surface area contributed by atoms with Crippen LogP contribution in [0.4, 0.5) is 10.1 Å². The number of imidazole rings is 1. The second-order valence-electron chi connectivity index (χ2n) is 5.90. The van der Waals surface area contributed by atoms with Gasteiger partial charge in [-0.25, -0.2) is 9.37 Å². The average molecular weight is 353 g/mol. The zero-order chi connectivity index (χ0) is 18.4. The fourth-order valence-corrected chi connectivity index (χ4v) is 2.56. The van der Waals surface area contributed by atoms with Gasteiger partial charge >= 0.3 is 0 Å². The van der Waals surface area contributed by atoms with Gasteiger partial charge in [0, 0.05) is 37.1 Å². The molecular weight excluding hydrogens is 333 g/mol. The summed E-state index contributed by atoms with van der Waals surface area (Å²) in [6.45, 7) is 0.395. The molecule has 0 bridgehead atoms. The molecule has 0 saturated carbocycles. The van der Waals surface area contributed by atoms with E-state index in [1.54, 1.807) is 18.3 Å². The number of halogens is 1. The van der Waals surface area contributed by atoms with E-state index in [4.69, 9.17) is 4.74 Å². The predicted molar refractivity (Wildman–Crippen MR) is 98.4 cm³/mol. The number of aryl methyl sites for hydroxylation is 1. The highest BCUT2D eigenvalue weighted by Crippen LogP contribution is 2.20. The van der Waals surface area contributed by atoms with Gasteiger partial charge in [-0.2, -0.15) is 0 Å². The lowest BCUT2D eigenvalue weighted by atomic mass is 10.2. The number of aromatic nitrogens is 2. The number of amides is 1. The fourth-order valence-electron chi connectivity index (χ4n) is 2.56. The topological polar surface area (TPSA) is 56.2 Å². The Morgan fingerprint density at radius 2 is 2.04 bits per heavy atom. The van der Waals surface area contributed by atoms with Crippen LogP contribution in [0.25, 0.3) is 11.4 Å². The van der Waals surface area contributed by atoms with Gasteiger partial charge in [-0.3, -0.25) is 4.79 Å². The van der Waals surface area contributed by atoms with Gasteiger partial charge in [-0.15, -0.1) is 0 Å². The molecule has 26 heavy (non-hydrogen) atoms. The zero-order valence-electron chi connectivity index (χ0n) is 14.5. The van der Waals surface area contributed by atoms with Crippen LogP contribution in [0.1, 0.15) is 12.8 Å². The summed E-state index contributed by atoms with van der Waals surface area (Å²) in [5.41, 5.74) is 1.67. The zero-order valence-corrected chi connectivity index (χ0v) is 14.5. The molecule has 0 aliphatic rings. The molecule has 1 aromatic heterocycles. The first-order valence-corrected chi connectivity index (χ1v) is 8.38. The van der Waals surface area contributed by atoms with E-state index in [2.05, 4.69) is 10.3 Å². The fraction of sp³-hybridized carbons (Fsp3) is 0.200. The van der Waals surface area contributed by atoms with Gasteiger partial charge < -0.3 is 14.6 Å². The quantitative estimate of drug-likeness (QED) is 0.653. The minimum absolute atomic E-state index is 0.0790. The number of benzene rings is 2. The van der Waals surface area contributed by atoms with Gasteiger partial charge in [0.05, 0.1) is 6.61 Å². The van der Waals surface area contributed by atoms with Crippen molar-refractivity contribution in [3.63, 3.8) is 0 Å². The number of carbonyl (C=O) groups is 1. The monoisotopic (exact) mass is 353 g/mol. The van der Waals surface area contributed by atoms with Crippen molar-refractivity contribution in [3.05, 3.63) is 66.7 Å². The van der Waals surface area contributed by atoms with Gasteiger partial charge in [0.2, 0.25) is 5.91 Å². The van der Waals surface area contributed by atoms with Crippen molar-refractivity contribution < 1.29 is 13.9 Å². The van der Waals surface area contributed by atoms with E-state index in [0.717, 1.165) is 17.1 Å². The second-order valence-corrected chi connectivity index (χ2v) is 5.90. The maximum atomic E-state index is 12.8. The molecule has 3 rings (SSSR count). The Kier molecular flexibility index (Phi) is 5.63. The molecule has 0 saturated heterocycles. The maximum Gasteiger partial charge on any atom is 0.224 e. The lowest BCUT2D eigenvalue weighted by molar-refractivity contribution is -0.116. The molecule has 1 heterocycles. The summed E-state index contributed by atoms with van der Waals surface area (Å²) in [5, 5.41) is 2.89. The van der Waals surface area contributed by atoms with Crippen LogP contribution >= 0.6 is 0 Å². The van der Waals surface area contributed by atoms with Crippen LogP contribution in [0.5, 0.6) is 5.75 Å². The molecule has 0 aliphatic heterocycles. The van der Waals surface area contributed by atoms with Crippen molar-refractivity contribution in [2.24, 2.45) is 7.05 Å². The maximum absolute atomic E-state index is 12.8. The number of anilines is 1. The SMILES string of the molecule is Cn1ccnc1-c1cccc(NC(=O)CCCOc2ccc(F)cc2)c1. The largest absolute Gasteiger partial charge is 0.494 e. The average Bonchev–Trinajstić information content (AvgIpc) is 3.06. The van der Waals surface area contributed by atoms with Crippen molar-refractivity contribution in [1.82, 2.24) is 9.55 Å². The van der Waals surface area contributed by atoms with Crippen LogP contribution in [0.15, 0.2) is 60.9 Å². The highest BCUT2D eigenvalue weighted by atomic mass is 19.1. The molecule has 1 N–H and O–H groups in total. The molecule has 0 fully saturated rings. The predicted octanol–water partition coefficient (Wildman–Crippen LogP) is 4.02. The molecule has 5 nitrogen and oxygen atoms in total. The van der Waals surface area contributed by atoms with Crippen LogP contribution in [-0.4, -0.2) is 22.1 Å². The normalized spacial score (nSPS) is 10.5. The summed E-state index contributed by atoms with van der Waals surface area (Å²) in [4.78, 5) is 16.4. The van der Waals surface area contributed by atoms with Gasteiger partial charge in [-0.1, -0.05) is 12.1 Å². The number of ether oxygens (including phenoxy) is 1. The molecule has 0 aliphatic carbocycles. The van der Waals surface area contributed by atoms with Crippen molar-refractivity contribution in [3.8, 4) is 17.1 Å². The number of hydrogen-bond acceptors (Lipinski definition) is 3. The Hall–Kier alpha value is -3.15. The highest BCUT2D eigenvalue weighted by molar-refractivity contribution is 5.91. The van der Waals surface area contributed by atoms with E-state index in [9.17, 15) is 9.18 Å². The minimum atomic E-state index is -0.301. The van der Waals surface area contributed by atoms with Crippen molar-refractivity contribution in [1.29, 1.82) is 0 Å². The van der Waals surface area contributed by atoms with Crippen molar-refractivity contribution >= 4 is 11.6 Å². The smallest absolute Gasteiger partial charge is 0.224 e. The van der Waals surface area contributed by atoms with Crippen LogP contribution in [0, 0.1) is 5.82 Å². The van der Waals surface area contributed by atoms with Crippen LogP contribution in [-0.2, 0) is 11.8 Å². The first-order chi connectivity index (χ1) is 12.6. The summed E-state index contributed by atoms with van der Waals surface area (Å²) in [6.07, 6.45) is 4.53. The van der Waals surface area contributed by atoms with Crippen molar-refractivity contribution in [2.75, 3.05) is 11.9 Å². The number of carbonyl (C=O) groups excluding carboxylic acids is 1. The molecule has 0 atom stereocenters. The first-order valence-electron chi connectivity index (χ1n) is 8.38. The first kappa shape index (κ1) is 17.7. The van der Waals surface area contributed by atoms with Gasteiger partial charge in [0.25, 0.3) is 0 Å². The Balaban J connectivity index is 1.47. The molecule has 0 radical (unpaired) electrons. The summed E-state index contributed by atoms with van der Waals surface area (Å²) in [6, 6.07) is 13.4. The van der Waals surface area contributed by atoms with Crippen LogP contribution in [0.2, 0.25) is 0 Å². The van der Waals surface area contributed by atoms with Gasteiger partial charge in [0.1, 0.15) is 17.4 Å². The molecule has 1 amide bonds. The van der Waals surface area contributed by atoms with E-state index in [1.807, 2.05) is 42.1 Å². The molecule has 6 heteroatoms. The third-order valence-electron chi connectivity index (χ3n) is 3.86. The third kappa shape index (κ3) is 4.69. The number of rotatable bonds is 7. The number of nitrogens with one attached hydrogen (secondary N) is 1. The third-order valence-corrected chi connectivity index (χ3v) is 3.86. The molecule has 3 aromatic rings. The summed E-state index contributed by atoms with van der Waals surface area (Å²) in [5.74, 6) is 1.05. The lowest BCUT2D eigenvalue weighted by Crippen LogP contribution is -2.12. The van der Waals surface area contributed by atoms with E-state index < -0.39 is 0 Å². The van der Waals surface area contributed by atoms with E-state index in [0.29, 0.717) is 25.2 Å². The second kappa shape index (κ2) is 8.29. The molecule has 0 unspecified atom stereocenters. The lowest BCUT2D eigenvalue weighted by Gasteiger charge is -2.08. The molecule has 0 spiro atoms. The summed E-state index contributed by atoms with van der Waals surface area (Å²) < 4.78 is 20.2. The number of nitrogens with zero attached hydrogens (tertiary/aromatic N) is 2. The van der Waals surface area contributed by atoms with Crippen molar-refractivity contribution in [2.45, 2.75) is 12.8 Å². The Labute approximate surface area is 151 Å². The molecule has 2 aromatic carbocycles. The van der Waals surface area contributed by atoms with Gasteiger partial charge in [-0.05, 0) is 42.8 Å². The molecular formula is C20H20FN3O2. The standard InChI is InChI=1S/C20H20FN3O2/c1-24-12-11-22-20(24)15-4-2-5-17(14-15)23-19(25)6-3-13-26-18-9-7-16(21)8-10-18/h2,4-5,7-12,14H,3,6,13H2,1H3,(H,23,25). The minimum Gasteiger partial charge on any atom is -0.494 e.